The maximum atomic E-state index is 14.3. The van der Waals surface area contributed by atoms with Gasteiger partial charge < -0.3 is 62.7 Å². The second-order valence-electron chi connectivity index (χ2n) is 18.8. The molecule has 6 unspecified atom stereocenters. The number of aliphatic hydroxyl groups is 3. The van der Waals surface area contributed by atoms with Crippen molar-refractivity contribution in [1.29, 1.82) is 0 Å². The lowest BCUT2D eigenvalue weighted by Crippen LogP contribution is -2.58. The molecule has 6 heterocycles. The summed E-state index contributed by atoms with van der Waals surface area (Å²) in [4.78, 5) is 14.3. The summed E-state index contributed by atoms with van der Waals surface area (Å²) < 4.78 is 63.5. The fraction of sp³-hybridized carbons (Fsp3) is 0.766. The number of aliphatic hydroxyl groups excluding tert-OH is 2. The van der Waals surface area contributed by atoms with E-state index in [-0.39, 0.29) is 42.7 Å². The van der Waals surface area contributed by atoms with Crippen molar-refractivity contribution in [3.05, 3.63) is 59.3 Å². The van der Waals surface area contributed by atoms with E-state index < -0.39 is 90.8 Å². The lowest BCUT2D eigenvalue weighted by molar-refractivity contribution is -0.318. The summed E-state index contributed by atoms with van der Waals surface area (Å²) in [5.74, 6) is -2.62. The number of carbonyl (C=O) groups excluding carboxylic acids is 1. The lowest BCUT2D eigenvalue weighted by Gasteiger charge is -2.48. The summed E-state index contributed by atoms with van der Waals surface area (Å²) >= 11 is 0. The first-order valence-electron chi connectivity index (χ1n) is 22.3. The molecular formula is C47H70O14. The van der Waals surface area contributed by atoms with Crippen molar-refractivity contribution in [3.63, 3.8) is 0 Å². The summed E-state index contributed by atoms with van der Waals surface area (Å²) in [6.45, 7) is 16.0. The number of hydrogen-bond acceptors (Lipinski definition) is 14. The van der Waals surface area contributed by atoms with E-state index in [0.717, 1.165) is 5.57 Å². The van der Waals surface area contributed by atoms with Crippen LogP contribution in [0.5, 0.6) is 0 Å². The van der Waals surface area contributed by atoms with Gasteiger partial charge in [0.1, 0.15) is 42.0 Å². The number of carbonyl (C=O) groups is 1. The van der Waals surface area contributed by atoms with E-state index in [1.54, 1.807) is 40.2 Å². The summed E-state index contributed by atoms with van der Waals surface area (Å²) in [6, 6.07) is 0. The van der Waals surface area contributed by atoms with E-state index in [2.05, 4.69) is 39.8 Å². The van der Waals surface area contributed by atoms with Crippen molar-refractivity contribution in [2.24, 2.45) is 23.7 Å². The molecule has 3 N–H and O–H groups in total. The third-order valence-corrected chi connectivity index (χ3v) is 14.0. The van der Waals surface area contributed by atoms with Gasteiger partial charge in [-0.2, -0.15) is 0 Å². The van der Waals surface area contributed by atoms with Gasteiger partial charge in [0, 0.05) is 51.7 Å². The third kappa shape index (κ3) is 9.58. The molecule has 0 radical (unpaired) electrons. The van der Waals surface area contributed by atoms with Gasteiger partial charge in [-0.05, 0) is 62.8 Å². The SMILES string of the molecule is CO[C@H]1CC(O[C@@H]2[C@H](C)OC(O[C@@H]3/C(C)=C/C[C@@H]4C[C@H](CC5(C=CC(C)[C@H](C(C)C)O5)O4)OC(=O)[C@@H]4C=C(C)C(O)[C@H]5OC/C(=C\C=C\C3C)[C@@]54O)C[C@@H]2OC)O[C@@H](C)[C@H]1O. The van der Waals surface area contributed by atoms with Gasteiger partial charge in [-0.25, -0.2) is 0 Å². The Kier molecular flexibility index (Phi) is 14.6. The molecule has 7 aliphatic rings. The number of fused-ring (bicyclic) bond motifs is 2. The Hall–Kier alpha value is -2.31. The summed E-state index contributed by atoms with van der Waals surface area (Å²) in [5.41, 5.74) is 0.129. The van der Waals surface area contributed by atoms with Gasteiger partial charge >= 0.3 is 5.97 Å². The molecule has 61 heavy (non-hydrogen) atoms. The van der Waals surface area contributed by atoms with Crippen LogP contribution in [-0.2, 0) is 52.2 Å². The zero-order valence-corrected chi connectivity index (χ0v) is 37.5. The van der Waals surface area contributed by atoms with Gasteiger partial charge in [0.15, 0.2) is 18.4 Å². The predicted octanol–water partition coefficient (Wildman–Crippen LogP) is 4.99. The maximum absolute atomic E-state index is 14.3. The van der Waals surface area contributed by atoms with Crippen molar-refractivity contribution in [1.82, 2.24) is 0 Å². The van der Waals surface area contributed by atoms with Crippen LogP contribution in [-0.4, -0.2) is 139 Å². The molecule has 0 saturated carbocycles. The van der Waals surface area contributed by atoms with Gasteiger partial charge in [0.05, 0.1) is 49.3 Å². The average molecular weight is 859 g/mol. The van der Waals surface area contributed by atoms with E-state index in [0.29, 0.717) is 43.3 Å². The number of allylic oxidation sites excluding steroid dienone is 2. The van der Waals surface area contributed by atoms with Crippen LogP contribution in [0.2, 0.25) is 0 Å². The zero-order valence-electron chi connectivity index (χ0n) is 37.5. The molecule has 0 aromatic rings. The highest BCUT2D eigenvalue weighted by Crippen LogP contribution is 2.47. The van der Waals surface area contributed by atoms with Crippen LogP contribution in [0.15, 0.2) is 59.3 Å². The van der Waals surface area contributed by atoms with Crippen molar-refractivity contribution in [2.75, 3.05) is 20.8 Å². The molecule has 0 amide bonds. The number of hydrogen-bond donors (Lipinski definition) is 3. The zero-order chi connectivity index (χ0) is 44.0. The fourth-order valence-corrected chi connectivity index (χ4v) is 10.4. The summed E-state index contributed by atoms with van der Waals surface area (Å²) in [7, 11) is 3.22. The van der Waals surface area contributed by atoms with Crippen molar-refractivity contribution in [2.45, 2.75) is 185 Å². The smallest absolute Gasteiger partial charge is 0.316 e. The third-order valence-electron chi connectivity index (χ3n) is 14.0. The summed E-state index contributed by atoms with van der Waals surface area (Å²) in [6.07, 6.45) is 7.54. The average Bonchev–Trinajstić information content (AvgIpc) is 3.56. The Morgan fingerprint density at radius 1 is 0.852 bits per heavy atom. The van der Waals surface area contributed by atoms with Crippen LogP contribution in [0.25, 0.3) is 0 Å². The number of ether oxygens (including phenoxy) is 10. The van der Waals surface area contributed by atoms with Crippen molar-refractivity contribution in [3.8, 4) is 0 Å². The quantitative estimate of drug-likeness (QED) is 0.231. The lowest BCUT2D eigenvalue weighted by atomic mass is 9.71. The van der Waals surface area contributed by atoms with Crippen molar-refractivity contribution >= 4 is 5.97 Å². The topological polar surface area (TPSA) is 170 Å². The first-order chi connectivity index (χ1) is 29.0. The first-order valence-corrected chi connectivity index (χ1v) is 22.3. The highest BCUT2D eigenvalue weighted by molar-refractivity contribution is 5.78. The highest BCUT2D eigenvalue weighted by atomic mass is 16.7. The van der Waals surface area contributed by atoms with Gasteiger partial charge in [0.2, 0.25) is 0 Å². The molecule has 4 saturated heterocycles. The van der Waals surface area contributed by atoms with Crippen LogP contribution in [0.1, 0.15) is 87.5 Å². The molecule has 14 nitrogen and oxygen atoms in total. The molecule has 2 bridgehead atoms. The van der Waals surface area contributed by atoms with E-state index in [4.69, 9.17) is 47.4 Å². The Labute approximate surface area is 361 Å². The van der Waals surface area contributed by atoms with Gasteiger partial charge in [-0.3, -0.25) is 4.79 Å². The monoisotopic (exact) mass is 858 g/mol. The number of rotatable bonds is 7. The Morgan fingerprint density at radius 3 is 2.28 bits per heavy atom. The second kappa shape index (κ2) is 19.0. The molecule has 0 aromatic carbocycles. The molecule has 19 atom stereocenters. The molecule has 6 aliphatic heterocycles. The largest absolute Gasteiger partial charge is 0.462 e. The first kappa shape index (κ1) is 46.7. The normalized spacial score (nSPS) is 49.3. The van der Waals surface area contributed by atoms with E-state index in [1.807, 2.05) is 32.1 Å². The van der Waals surface area contributed by atoms with Crippen LogP contribution < -0.4 is 0 Å². The predicted molar refractivity (Wildman–Crippen MR) is 223 cm³/mol. The standard InChI is InChI=1S/C47H70O14/c1-24(2)41-27(5)16-17-46(61-41)22-33-19-32(60-46)15-14-26(4)42(25(3)12-11-13-31-23-54-44-39(48)28(6)18-34(45(50)57-33)47(31,44)51)58-38-21-36(53-10)43(30(8)56-38)59-37-20-35(52-9)40(49)29(7)55-37/h11-14,16-18,24-25,27,29-30,32-44,48-49,51H,15,19-23H2,1-10H3/b12-11+,26-14+,31-13+/t25?,27?,29-,30-,32+,33+,34-,35-,36-,37?,38?,39?,40+,41-,42-,43+,44+,46?,47-/m0/s1. The van der Waals surface area contributed by atoms with E-state index in [9.17, 15) is 20.1 Å². The van der Waals surface area contributed by atoms with Crippen LogP contribution in [0.4, 0.5) is 0 Å². The van der Waals surface area contributed by atoms with Gasteiger partial charge in [0.25, 0.3) is 0 Å². The molecule has 14 heteroatoms. The van der Waals surface area contributed by atoms with Crippen LogP contribution in [0, 0.1) is 23.7 Å². The molecule has 4 fully saturated rings. The Morgan fingerprint density at radius 2 is 1.56 bits per heavy atom. The number of methoxy groups -OCH3 is 2. The molecule has 1 spiro atoms. The van der Waals surface area contributed by atoms with Crippen LogP contribution >= 0.6 is 0 Å². The van der Waals surface area contributed by atoms with E-state index in [1.165, 1.54) is 0 Å². The highest BCUT2D eigenvalue weighted by Gasteiger charge is 2.60. The minimum Gasteiger partial charge on any atom is -0.462 e. The fourth-order valence-electron chi connectivity index (χ4n) is 10.4. The molecule has 0 aromatic heterocycles. The maximum Gasteiger partial charge on any atom is 0.316 e. The minimum atomic E-state index is -1.83. The summed E-state index contributed by atoms with van der Waals surface area (Å²) in [5, 5.41) is 34.2. The number of esters is 1. The molecule has 342 valence electrons. The van der Waals surface area contributed by atoms with Crippen LogP contribution in [0.3, 0.4) is 0 Å². The van der Waals surface area contributed by atoms with Gasteiger partial charge in [-0.15, -0.1) is 0 Å². The minimum absolute atomic E-state index is 0.0313. The van der Waals surface area contributed by atoms with E-state index >= 15 is 0 Å². The van der Waals surface area contributed by atoms with Crippen molar-refractivity contribution < 1.29 is 67.5 Å². The Bertz CT molecular complexity index is 1710. The Balaban J connectivity index is 1.18. The van der Waals surface area contributed by atoms with Gasteiger partial charge in [-0.1, -0.05) is 64.2 Å². The molecular weight excluding hydrogens is 789 g/mol. The molecule has 1 aliphatic carbocycles. The second-order valence-corrected chi connectivity index (χ2v) is 18.8. The molecule has 7 rings (SSSR count).